The highest BCUT2D eigenvalue weighted by Gasteiger charge is 2.26. The van der Waals surface area contributed by atoms with E-state index in [-0.39, 0.29) is 17.7 Å². The largest absolute Gasteiger partial charge is 0.507 e. The van der Waals surface area contributed by atoms with Crippen LogP contribution < -0.4 is 5.63 Å². The minimum absolute atomic E-state index is 0.115. The fraction of sp³-hybridized carbons (Fsp3) is 0.0833. The third-order valence-corrected chi connectivity index (χ3v) is 5.00. The Labute approximate surface area is 167 Å². The Kier molecular flexibility index (Phi) is 5.12. The normalized spacial score (nSPS) is 12.8. The molecule has 29 heavy (non-hydrogen) atoms. The Hall–Kier alpha value is -3.86. The molecule has 4 rings (SSSR count). The fourth-order valence-corrected chi connectivity index (χ4v) is 3.57. The molecule has 3 aromatic carbocycles. The second-order valence-corrected chi connectivity index (χ2v) is 6.73. The molecule has 144 valence electrons. The number of fused-ring (bicyclic) bond motifs is 1. The van der Waals surface area contributed by atoms with Crippen molar-refractivity contribution >= 4 is 16.7 Å². The molecule has 0 amide bonds. The van der Waals surface area contributed by atoms with Crippen molar-refractivity contribution < 1.29 is 14.7 Å². The first-order valence-electron chi connectivity index (χ1n) is 9.25. The highest BCUT2D eigenvalue weighted by molar-refractivity contribution is 6.01. The Balaban J connectivity index is 1.89. The van der Waals surface area contributed by atoms with Crippen LogP contribution in [-0.4, -0.2) is 16.0 Å². The molecule has 1 aromatic heterocycles. The van der Waals surface area contributed by atoms with Crippen molar-refractivity contribution in [1.82, 2.24) is 0 Å². The molecule has 5 heteroatoms. The van der Waals surface area contributed by atoms with Crippen molar-refractivity contribution in [1.29, 1.82) is 0 Å². The van der Waals surface area contributed by atoms with E-state index in [1.807, 2.05) is 60.7 Å². The lowest BCUT2D eigenvalue weighted by atomic mass is 9.85. The van der Waals surface area contributed by atoms with E-state index in [9.17, 15) is 15.1 Å². The summed E-state index contributed by atoms with van der Waals surface area (Å²) in [5.41, 5.74) is 1.81. The van der Waals surface area contributed by atoms with Crippen molar-refractivity contribution in [2.24, 2.45) is 5.16 Å². The second-order valence-electron chi connectivity index (χ2n) is 6.73. The molecule has 4 aromatic rings. The van der Waals surface area contributed by atoms with Crippen LogP contribution in [0, 0.1) is 0 Å². The Morgan fingerprint density at radius 3 is 2.21 bits per heavy atom. The zero-order chi connectivity index (χ0) is 20.2. The minimum atomic E-state index is -0.611. The van der Waals surface area contributed by atoms with Crippen LogP contribution in [-0.2, 0) is 0 Å². The summed E-state index contributed by atoms with van der Waals surface area (Å²) in [5, 5.41) is 24.5. The molecule has 5 nitrogen and oxygen atoms in total. The average molecular weight is 385 g/mol. The van der Waals surface area contributed by atoms with Gasteiger partial charge in [-0.05, 0) is 23.3 Å². The van der Waals surface area contributed by atoms with Crippen LogP contribution in [0.1, 0.15) is 29.0 Å². The molecule has 0 bridgehead atoms. The number of rotatable bonds is 5. The summed E-state index contributed by atoms with van der Waals surface area (Å²) in [4.78, 5) is 12.8. The van der Waals surface area contributed by atoms with Gasteiger partial charge in [0.1, 0.15) is 11.3 Å². The molecule has 1 atom stereocenters. The molecular formula is C24H19NO4. The number of oxime groups is 1. The van der Waals surface area contributed by atoms with Gasteiger partial charge in [-0.15, -0.1) is 0 Å². The van der Waals surface area contributed by atoms with Crippen molar-refractivity contribution in [3.05, 3.63) is 112 Å². The van der Waals surface area contributed by atoms with Crippen LogP contribution in [0.15, 0.2) is 99.3 Å². The molecule has 0 spiro atoms. The van der Waals surface area contributed by atoms with Crippen molar-refractivity contribution in [2.45, 2.75) is 12.3 Å². The maximum atomic E-state index is 12.8. The van der Waals surface area contributed by atoms with Crippen LogP contribution in [0.5, 0.6) is 5.75 Å². The first-order chi connectivity index (χ1) is 14.2. The third-order valence-electron chi connectivity index (χ3n) is 5.00. The zero-order valence-corrected chi connectivity index (χ0v) is 15.5. The van der Waals surface area contributed by atoms with E-state index in [4.69, 9.17) is 4.42 Å². The smallest absolute Gasteiger partial charge is 0.343 e. The molecule has 2 N–H and O–H groups in total. The number of hydrogen-bond acceptors (Lipinski definition) is 5. The van der Waals surface area contributed by atoms with E-state index in [1.54, 1.807) is 24.3 Å². The number of aromatic hydroxyl groups is 1. The highest BCUT2D eigenvalue weighted by atomic mass is 16.4. The quantitative estimate of drug-likeness (QED) is 0.222. The molecule has 0 saturated carbocycles. The van der Waals surface area contributed by atoms with Gasteiger partial charge in [0.25, 0.3) is 0 Å². The van der Waals surface area contributed by atoms with E-state index in [1.165, 1.54) is 0 Å². The Bertz CT molecular complexity index is 1210. The topological polar surface area (TPSA) is 83.0 Å². The fourth-order valence-electron chi connectivity index (χ4n) is 3.57. The van der Waals surface area contributed by atoms with Gasteiger partial charge in [0, 0.05) is 12.3 Å². The molecule has 0 radical (unpaired) electrons. The van der Waals surface area contributed by atoms with Crippen LogP contribution in [0.3, 0.4) is 0 Å². The summed E-state index contributed by atoms with van der Waals surface area (Å²) in [7, 11) is 0. The van der Waals surface area contributed by atoms with E-state index in [0.717, 1.165) is 11.1 Å². The Morgan fingerprint density at radius 1 is 0.897 bits per heavy atom. The summed E-state index contributed by atoms with van der Waals surface area (Å²) in [6, 6.07) is 25.4. The Morgan fingerprint density at radius 2 is 1.52 bits per heavy atom. The predicted octanol–water partition coefficient (Wildman–Crippen LogP) is 4.90. The van der Waals surface area contributed by atoms with Gasteiger partial charge in [-0.1, -0.05) is 78.0 Å². The lowest BCUT2D eigenvalue weighted by Gasteiger charge is -2.19. The molecule has 0 aliphatic heterocycles. The predicted molar refractivity (Wildman–Crippen MR) is 112 cm³/mol. The van der Waals surface area contributed by atoms with E-state index in [2.05, 4.69) is 5.16 Å². The highest BCUT2D eigenvalue weighted by Crippen LogP contribution is 2.36. The maximum Gasteiger partial charge on any atom is 0.343 e. The average Bonchev–Trinajstić information content (AvgIpc) is 2.77. The minimum Gasteiger partial charge on any atom is -0.507 e. The monoisotopic (exact) mass is 385 g/mol. The maximum absolute atomic E-state index is 12.8. The van der Waals surface area contributed by atoms with Crippen molar-refractivity contribution in [3.8, 4) is 5.75 Å². The molecule has 0 aliphatic rings. The molecule has 1 heterocycles. The van der Waals surface area contributed by atoms with Gasteiger partial charge < -0.3 is 14.7 Å². The number of hydrogen-bond donors (Lipinski definition) is 2. The lowest BCUT2D eigenvalue weighted by Crippen LogP contribution is -2.18. The summed E-state index contributed by atoms with van der Waals surface area (Å²) in [5.74, 6) is -0.667. The molecule has 0 saturated heterocycles. The van der Waals surface area contributed by atoms with Crippen LogP contribution >= 0.6 is 0 Å². The number of benzene rings is 3. The summed E-state index contributed by atoms with van der Waals surface area (Å²) in [6.45, 7) is 0. The summed E-state index contributed by atoms with van der Waals surface area (Å²) >= 11 is 0. The van der Waals surface area contributed by atoms with E-state index < -0.39 is 11.5 Å². The van der Waals surface area contributed by atoms with Gasteiger partial charge >= 0.3 is 5.63 Å². The first-order valence-corrected chi connectivity index (χ1v) is 9.25. The van der Waals surface area contributed by atoms with Crippen molar-refractivity contribution in [3.63, 3.8) is 0 Å². The van der Waals surface area contributed by atoms with Gasteiger partial charge in [0.15, 0.2) is 0 Å². The molecular weight excluding hydrogens is 366 g/mol. The molecule has 0 unspecified atom stereocenters. The van der Waals surface area contributed by atoms with Crippen molar-refractivity contribution in [2.75, 3.05) is 0 Å². The van der Waals surface area contributed by atoms with Gasteiger partial charge in [0.2, 0.25) is 0 Å². The lowest BCUT2D eigenvalue weighted by molar-refractivity contribution is 0.317. The van der Waals surface area contributed by atoms with E-state index in [0.29, 0.717) is 16.7 Å². The SMILES string of the molecule is O=c1oc2ccccc2c(O)c1[C@H](C/C(=N\O)c1ccccc1)c1ccccc1. The first kappa shape index (κ1) is 18.5. The molecule has 0 fully saturated rings. The van der Waals surface area contributed by atoms with Gasteiger partial charge in [-0.2, -0.15) is 0 Å². The number of para-hydroxylation sites is 1. The third kappa shape index (κ3) is 3.62. The zero-order valence-electron chi connectivity index (χ0n) is 15.5. The second kappa shape index (κ2) is 8.02. The summed E-state index contributed by atoms with van der Waals surface area (Å²) in [6.07, 6.45) is 0.210. The van der Waals surface area contributed by atoms with Crippen LogP contribution in [0.25, 0.3) is 11.0 Å². The van der Waals surface area contributed by atoms with Gasteiger partial charge in [-0.3, -0.25) is 0 Å². The standard InChI is InChI=1S/C24H19NO4/c26-23-18-13-7-8-14-21(18)29-24(27)22(23)19(16-9-3-1-4-10-16)15-20(25-28)17-11-5-2-6-12-17/h1-14,19,26,28H,15H2/b25-20+/t19-/m1/s1. The number of nitrogens with zero attached hydrogens (tertiary/aromatic N) is 1. The van der Waals surface area contributed by atoms with Gasteiger partial charge in [-0.25, -0.2) is 4.79 Å². The summed E-state index contributed by atoms with van der Waals surface area (Å²) < 4.78 is 5.48. The van der Waals surface area contributed by atoms with Crippen LogP contribution in [0.2, 0.25) is 0 Å². The van der Waals surface area contributed by atoms with Gasteiger partial charge in [0.05, 0.1) is 16.7 Å². The van der Waals surface area contributed by atoms with Crippen LogP contribution in [0.4, 0.5) is 0 Å². The van der Waals surface area contributed by atoms with E-state index >= 15 is 0 Å². The molecule has 0 aliphatic carbocycles.